The first-order valence-electron chi connectivity index (χ1n) is 11.5. The Hall–Kier alpha value is -3.60. The van der Waals surface area contributed by atoms with E-state index in [2.05, 4.69) is 24.3 Å². The molecule has 0 radical (unpaired) electrons. The number of carbonyl (C=O) groups is 2. The fourth-order valence-electron chi connectivity index (χ4n) is 5.16. The second-order valence-corrected chi connectivity index (χ2v) is 8.95. The van der Waals surface area contributed by atoms with Gasteiger partial charge in [-0.1, -0.05) is 67.6 Å². The van der Waals surface area contributed by atoms with Gasteiger partial charge in [-0.05, 0) is 58.2 Å². The lowest BCUT2D eigenvalue weighted by atomic mass is 9.92. The number of carbonyl (C=O) groups excluding carboxylic acids is 1. The molecule has 0 bridgehead atoms. The van der Waals surface area contributed by atoms with Crippen molar-refractivity contribution in [3.8, 4) is 11.1 Å². The third-order valence-corrected chi connectivity index (χ3v) is 6.83. The van der Waals surface area contributed by atoms with Gasteiger partial charge < -0.3 is 9.84 Å². The van der Waals surface area contributed by atoms with Crippen LogP contribution in [0, 0.1) is 0 Å². The Balaban J connectivity index is 1.33. The number of carboxylic acids is 1. The van der Waals surface area contributed by atoms with Crippen molar-refractivity contribution in [2.75, 3.05) is 18.1 Å². The Kier molecular flexibility index (Phi) is 5.63. The number of benzene rings is 3. The van der Waals surface area contributed by atoms with E-state index in [4.69, 9.17) is 9.84 Å². The van der Waals surface area contributed by atoms with E-state index in [9.17, 15) is 9.59 Å². The van der Waals surface area contributed by atoms with Crippen molar-refractivity contribution in [3.63, 3.8) is 0 Å². The van der Waals surface area contributed by atoms with E-state index in [1.165, 1.54) is 22.3 Å². The molecule has 1 aliphatic heterocycles. The molecule has 3 aromatic rings. The summed E-state index contributed by atoms with van der Waals surface area (Å²) in [5.74, 6) is -0.844. The molecule has 168 valence electrons. The minimum absolute atomic E-state index is 0.0323. The number of hydrogen-bond donors (Lipinski definition) is 1. The molecule has 33 heavy (non-hydrogen) atoms. The Labute approximate surface area is 193 Å². The van der Waals surface area contributed by atoms with E-state index in [1.54, 1.807) is 4.90 Å². The molecule has 0 saturated heterocycles. The van der Waals surface area contributed by atoms with Gasteiger partial charge in [0.15, 0.2) is 0 Å². The molecule has 5 heteroatoms. The summed E-state index contributed by atoms with van der Waals surface area (Å²) in [4.78, 5) is 25.9. The molecule has 1 unspecified atom stereocenters. The highest BCUT2D eigenvalue weighted by Crippen LogP contribution is 2.44. The number of aryl methyl sites for hydroxylation is 1. The largest absolute Gasteiger partial charge is 0.481 e. The van der Waals surface area contributed by atoms with Crippen LogP contribution in [0.15, 0.2) is 66.7 Å². The summed E-state index contributed by atoms with van der Waals surface area (Å²) in [6, 6.07) is 22.5. The van der Waals surface area contributed by atoms with Gasteiger partial charge in [0.25, 0.3) is 0 Å². The van der Waals surface area contributed by atoms with Crippen molar-refractivity contribution in [2.24, 2.45) is 0 Å². The maximum atomic E-state index is 13.1. The fourth-order valence-corrected chi connectivity index (χ4v) is 5.16. The van der Waals surface area contributed by atoms with Crippen LogP contribution in [0.2, 0.25) is 0 Å². The fraction of sp³-hybridized carbons (Fsp3) is 0.286. The summed E-state index contributed by atoms with van der Waals surface area (Å²) in [5, 5.41) is 9.10. The number of fused-ring (bicyclic) bond motifs is 4. The zero-order valence-corrected chi connectivity index (χ0v) is 18.7. The lowest BCUT2D eigenvalue weighted by molar-refractivity contribution is -0.137. The van der Waals surface area contributed by atoms with Crippen molar-refractivity contribution in [2.45, 2.75) is 38.0 Å². The van der Waals surface area contributed by atoms with Crippen LogP contribution in [-0.2, 0) is 16.0 Å². The second kappa shape index (κ2) is 8.74. The van der Waals surface area contributed by atoms with Crippen molar-refractivity contribution in [3.05, 3.63) is 89.0 Å². The molecule has 2 aliphatic rings. The van der Waals surface area contributed by atoms with Gasteiger partial charge in [-0.2, -0.15) is 0 Å². The maximum absolute atomic E-state index is 13.1. The number of aliphatic carboxylic acids is 1. The van der Waals surface area contributed by atoms with Gasteiger partial charge in [-0.15, -0.1) is 0 Å². The Morgan fingerprint density at radius 1 is 1.03 bits per heavy atom. The standard InChI is InChI=1S/C28H27NO4/c1-18(15-27(30)31)19-12-13-26-20(16-19)7-6-14-29(26)28(32)33-17-25-23-10-4-2-8-21(23)22-9-3-5-11-24(22)25/h2-5,8-13,16,18,25H,6-7,14-15,17H2,1H3,(H,30,31). The SMILES string of the molecule is CC(CC(=O)O)c1ccc2c(c1)CCCN2C(=O)OCC1c2ccccc2-c2ccccc21. The van der Waals surface area contributed by atoms with E-state index in [0.29, 0.717) is 13.2 Å². The molecule has 0 aromatic heterocycles. The predicted octanol–water partition coefficient (Wildman–Crippen LogP) is 5.97. The van der Waals surface area contributed by atoms with Gasteiger partial charge in [0.05, 0.1) is 12.1 Å². The van der Waals surface area contributed by atoms with Crippen LogP contribution in [-0.4, -0.2) is 30.3 Å². The number of nitrogens with zero attached hydrogens (tertiary/aromatic N) is 1. The Morgan fingerprint density at radius 3 is 2.36 bits per heavy atom. The topological polar surface area (TPSA) is 66.8 Å². The van der Waals surface area contributed by atoms with E-state index in [-0.39, 0.29) is 24.3 Å². The molecule has 1 heterocycles. The van der Waals surface area contributed by atoms with Crippen LogP contribution in [0.3, 0.4) is 0 Å². The molecule has 3 aromatic carbocycles. The highest BCUT2D eigenvalue weighted by Gasteiger charge is 2.31. The Morgan fingerprint density at radius 2 is 1.70 bits per heavy atom. The zero-order chi connectivity index (χ0) is 22.9. The molecule has 5 nitrogen and oxygen atoms in total. The van der Waals surface area contributed by atoms with Crippen LogP contribution in [0.4, 0.5) is 10.5 Å². The molecule has 0 saturated carbocycles. The Bertz CT molecular complexity index is 1170. The minimum Gasteiger partial charge on any atom is -0.481 e. The van der Waals surface area contributed by atoms with E-state index >= 15 is 0 Å². The van der Waals surface area contributed by atoms with Gasteiger partial charge in [-0.3, -0.25) is 9.69 Å². The van der Waals surface area contributed by atoms with Crippen molar-refractivity contribution >= 4 is 17.7 Å². The molecule has 1 atom stereocenters. The molecular weight excluding hydrogens is 414 g/mol. The number of carboxylic acid groups (broad SMARTS) is 1. The summed E-state index contributed by atoms with van der Waals surface area (Å²) < 4.78 is 5.88. The lowest BCUT2D eigenvalue weighted by Gasteiger charge is -2.30. The van der Waals surface area contributed by atoms with E-state index in [1.807, 2.05) is 49.4 Å². The molecule has 0 spiro atoms. The van der Waals surface area contributed by atoms with Crippen LogP contribution >= 0.6 is 0 Å². The van der Waals surface area contributed by atoms with Gasteiger partial charge in [-0.25, -0.2) is 4.79 Å². The minimum atomic E-state index is -0.805. The average Bonchev–Trinajstić information content (AvgIpc) is 3.15. The third kappa shape index (κ3) is 3.99. The second-order valence-electron chi connectivity index (χ2n) is 8.95. The number of hydrogen-bond acceptors (Lipinski definition) is 3. The monoisotopic (exact) mass is 441 g/mol. The van der Waals surface area contributed by atoms with Gasteiger partial charge in [0.2, 0.25) is 0 Å². The molecular formula is C28H27NO4. The molecule has 1 N–H and O–H groups in total. The summed E-state index contributed by atoms with van der Waals surface area (Å²) in [6.07, 6.45) is 1.49. The summed E-state index contributed by atoms with van der Waals surface area (Å²) >= 11 is 0. The van der Waals surface area contributed by atoms with E-state index in [0.717, 1.165) is 29.7 Å². The molecule has 5 rings (SSSR count). The maximum Gasteiger partial charge on any atom is 0.414 e. The number of rotatable bonds is 5. The molecule has 0 fully saturated rings. The summed E-state index contributed by atoms with van der Waals surface area (Å²) in [7, 11) is 0. The highest BCUT2D eigenvalue weighted by atomic mass is 16.6. The third-order valence-electron chi connectivity index (χ3n) is 6.83. The highest BCUT2D eigenvalue weighted by molar-refractivity contribution is 5.89. The number of amides is 1. The molecule has 1 amide bonds. The quantitative estimate of drug-likeness (QED) is 0.530. The van der Waals surface area contributed by atoms with E-state index < -0.39 is 5.97 Å². The number of anilines is 1. The van der Waals surface area contributed by atoms with Crippen LogP contribution in [0.25, 0.3) is 11.1 Å². The first-order valence-corrected chi connectivity index (χ1v) is 11.5. The van der Waals surface area contributed by atoms with Crippen LogP contribution < -0.4 is 4.90 Å². The van der Waals surface area contributed by atoms with Crippen LogP contribution in [0.1, 0.15) is 53.9 Å². The molecule has 1 aliphatic carbocycles. The first kappa shape index (κ1) is 21.3. The van der Waals surface area contributed by atoms with Crippen LogP contribution in [0.5, 0.6) is 0 Å². The normalized spacial score (nSPS) is 15.4. The lowest BCUT2D eigenvalue weighted by Crippen LogP contribution is -2.36. The van der Waals surface area contributed by atoms with Crippen molar-refractivity contribution in [1.29, 1.82) is 0 Å². The van der Waals surface area contributed by atoms with Gasteiger partial charge in [0.1, 0.15) is 6.61 Å². The first-order chi connectivity index (χ1) is 16.0. The average molecular weight is 442 g/mol. The smallest absolute Gasteiger partial charge is 0.414 e. The summed E-state index contributed by atoms with van der Waals surface area (Å²) in [5.41, 5.74) is 7.74. The van der Waals surface area contributed by atoms with Gasteiger partial charge >= 0.3 is 12.1 Å². The predicted molar refractivity (Wildman–Crippen MR) is 128 cm³/mol. The zero-order valence-electron chi connectivity index (χ0n) is 18.7. The number of ether oxygens (including phenoxy) is 1. The van der Waals surface area contributed by atoms with Crippen molar-refractivity contribution in [1.82, 2.24) is 0 Å². The van der Waals surface area contributed by atoms with Crippen molar-refractivity contribution < 1.29 is 19.4 Å². The van der Waals surface area contributed by atoms with Gasteiger partial charge in [0, 0.05) is 12.5 Å². The summed E-state index contributed by atoms with van der Waals surface area (Å²) in [6.45, 7) is 2.84.